The van der Waals surface area contributed by atoms with Gasteiger partial charge in [0.1, 0.15) is 12.1 Å². The van der Waals surface area contributed by atoms with Crippen molar-refractivity contribution in [3.63, 3.8) is 0 Å². The summed E-state index contributed by atoms with van der Waals surface area (Å²) in [6.45, 7) is 2.39. The van der Waals surface area contributed by atoms with Crippen LogP contribution in [0.25, 0.3) is 17.1 Å². The maximum absolute atomic E-state index is 13.1. The number of carbonyl (C=O) groups is 7. The van der Waals surface area contributed by atoms with Gasteiger partial charge in [0.05, 0.1) is 56.0 Å². The zero-order valence-electron chi connectivity index (χ0n) is 34.5. The molecule has 21 nitrogen and oxygen atoms in total. The third kappa shape index (κ3) is 11.7. The van der Waals surface area contributed by atoms with E-state index in [0.29, 0.717) is 47.8 Å². The Kier molecular flexibility index (Phi) is 14.2. The van der Waals surface area contributed by atoms with Crippen LogP contribution in [0.5, 0.6) is 0 Å². The number of oxazole rings is 1. The smallest absolute Gasteiger partial charge is 0.277 e. The van der Waals surface area contributed by atoms with Gasteiger partial charge in [0.25, 0.3) is 17.7 Å². The summed E-state index contributed by atoms with van der Waals surface area (Å²) in [6.07, 6.45) is 8.30. The average Bonchev–Trinajstić information content (AvgIpc) is 3.83. The molecule has 1 saturated carbocycles. The number of hydrogen-bond donors (Lipinski definition) is 6. The summed E-state index contributed by atoms with van der Waals surface area (Å²) in [4.78, 5) is 97.7. The van der Waals surface area contributed by atoms with Crippen molar-refractivity contribution in [1.29, 1.82) is 0 Å². The minimum atomic E-state index is -0.892. The number of nitrogens with two attached hydrogens (primary N) is 1. The highest BCUT2D eigenvalue weighted by Crippen LogP contribution is 2.39. The van der Waals surface area contributed by atoms with Gasteiger partial charge in [-0.05, 0) is 74.4 Å². The second-order valence-corrected chi connectivity index (χ2v) is 15.6. The van der Waals surface area contributed by atoms with E-state index in [1.54, 1.807) is 42.6 Å². The maximum atomic E-state index is 13.1. The third-order valence-corrected chi connectivity index (χ3v) is 10.9. The predicted octanol–water partition coefficient (Wildman–Crippen LogP) is 1.41. The third-order valence-electron chi connectivity index (χ3n) is 10.9. The minimum absolute atomic E-state index is 0.0260. The first-order valence-corrected chi connectivity index (χ1v) is 20.8. The lowest BCUT2D eigenvalue weighted by molar-refractivity contribution is -0.149. The van der Waals surface area contributed by atoms with Crippen molar-refractivity contribution in [3.8, 4) is 17.1 Å². The fourth-order valence-electron chi connectivity index (χ4n) is 7.19. The van der Waals surface area contributed by atoms with Crippen molar-refractivity contribution < 1.29 is 47.5 Å². The number of amides is 7. The molecule has 7 rings (SSSR count). The first kappa shape index (κ1) is 44.1. The summed E-state index contributed by atoms with van der Waals surface area (Å²) in [7, 11) is 0. The number of aromatic nitrogens is 4. The number of imide groups is 1. The number of anilines is 2. The number of carbonyl (C=O) groups excluding carboxylic acids is 7. The summed E-state index contributed by atoms with van der Waals surface area (Å²) in [5.74, 6) is -1.65. The molecule has 1 aliphatic carbocycles. The van der Waals surface area contributed by atoms with Crippen molar-refractivity contribution in [1.82, 2.24) is 40.6 Å². The molecule has 3 fully saturated rings. The van der Waals surface area contributed by atoms with Gasteiger partial charge in [-0.3, -0.25) is 38.9 Å². The van der Waals surface area contributed by atoms with Crippen LogP contribution in [0.4, 0.5) is 11.5 Å². The molecule has 21 heteroatoms. The molecular weight excluding hydrogens is 819 g/mol. The number of likely N-dealkylation sites (tertiary alicyclic amines) is 1. The molecule has 63 heavy (non-hydrogen) atoms. The molecule has 1 atom stereocenters. The number of hydrogen-bond acceptors (Lipinski definition) is 14. The van der Waals surface area contributed by atoms with E-state index in [0.717, 1.165) is 6.54 Å². The molecule has 5 heterocycles. The first-order chi connectivity index (χ1) is 30.5. The van der Waals surface area contributed by atoms with Crippen molar-refractivity contribution in [2.45, 2.75) is 44.9 Å². The van der Waals surface area contributed by atoms with Gasteiger partial charge in [-0.1, -0.05) is 0 Å². The number of rotatable bonds is 20. The molecular formula is C42H49N11O10. The SMILES string of the molecule is NC(=O)c1nn(-c2ccc(C(=O)NCCOCCOCCNC(=O)CN3CCC4(CCCC(=O)NC4=O)CC3=O)cc2)cc1NC(=O)c1coc(-c2ccnc(NCC3CC3)c2)n1. The number of nitrogens with one attached hydrogen (secondary N) is 5. The molecule has 4 aromatic rings. The van der Waals surface area contributed by atoms with Crippen molar-refractivity contribution in [3.05, 3.63) is 72.0 Å². The monoisotopic (exact) mass is 867 g/mol. The Labute approximate surface area is 361 Å². The van der Waals surface area contributed by atoms with Crippen LogP contribution in [0.2, 0.25) is 0 Å². The van der Waals surface area contributed by atoms with Gasteiger partial charge >= 0.3 is 0 Å². The van der Waals surface area contributed by atoms with Crippen LogP contribution in [0.3, 0.4) is 0 Å². The topological polar surface area (TPSA) is 284 Å². The fourth-order valence-corrected chi connectivity index (χ4v) is 7.19. The van der Waals surface area contributed by atoms with Crippen LogP contribution in [0.15, 0.2) is 59.5 Å². The highest BCUT2D eigenvalue weighted by Gasteiger charge is 2.46. The standard InChI is InChI=1S/C42H49N11O10/c43-37(57)36-30(48-39(59)31-25-63-40(49-31)28-9-12-44-32(20-28)47-22-26-3-4-26)23-53(51-36)29-7-5-27(6-8-29)38(58)46-14-17-62-19-18-61-16-13-45-34(55)24-52-15-11-42(21-35(52)56)10-1-2-33(54)50-41(42)60/h5-9,12,20,23,25-26H,1-4,10-11,13-19,21-22,24H2,(H2,43,57)(H,44,47)(H,45,55)(H,46,58)(H,48,59)(H,50,54,60). The van der Waals surface area contributed by atoms with Crippen LogP contribution in [0, 0.1) is 11.3 Å². The second-order valence-electron chi connectivity index (χ2n) is 15.6. The van der Waals surface area contributed by atoms with E-state index >= 15 is 0 Å². The van der Waals surface area contributed by atoms with Gasteiger partial charge in [-0.25, -0.2) is 14.6 Å². The van der Waals surface area contributed by atoms with Gasteiger partial charge < -0.3 is 45.8 Å². The van der Waals surface area contributed by atoms with Crippen molar-refractivity contribution in [2.24, 2.45) is 17.1 Å². The van der Waals surface area contributed by atoms with Gasteiger partial charge in [0.15, 0.2) is 11.4 Å². The summed E-state index contributed by atoms with van der Waals surface area (Å²) in [5, 5.41) is 18.0. The largest absolute Gasteiger partial charge is 0.444 e. The molecule has 7 amide bonds. The van der Waals surface area contributed by atoms with Crippen molar-refractivity contribution in [2.75, 3.05) is 69.8 Å². The van der Waals surface area contributed by atoms with Crippen LogP contribution >= 0.6 is 0 Å². The molecule has 1 unspecified atom stereocenters. The van der Waals surface area contributed by atoms with Gasteiger partial charge in [0.2, 0.25) is 29.5 Å². The first-order valence-electron chi connectivity index (χ1n) is 20.8. The molecule has 1 aromatic carbocycles. The average molecular weight is 868 g/mol. The Morgan fingerprint density at radius 1 is 0.952 bits per heavy atom. The summed E-state index contributed by atoms with van der Waals surface area (Å²) in [5.41, 5.74) is 6.01. The summed E-state index contributed by atoms with van der Waals surface area (Å²) >= 11 is 0. The highest BCUT2D eigenvalue weighted by molar-refractivity contribution is 6.07. The summed E-state index contributed by atoms with van der Waals surface area (Å²) < 4.78 is 17.9. The van der Waals surface area contributed by atoms with Crippen LogP contribution in [-0.2, 0) is 28.7 Å². The second kappa shape index (κ2) is 20.2. The summed E-state index contributed by atoms with van der Waals surface area (Å²) in [6, 6.07) is 9.90. The number of nitrogens with zero attached hydrogens (tertiary/aromatic N) is 5. The van der Waals surface area contributed by atoms with E-state index in [-0.39, 0.29) is 112 Å². The lowest BCUT2D eigenvalue weighted by Crippen LogP contribution is -2.53. The maximum Gasteiger partial charge on any atom is 0.277 e. The molecule has 0 radical (unpaired) electrons. The van der Waals surface area contributed by atoms with Crippen LogP contribution < -0.4 is 32.3 Å². The molecule has 332 valence electrons. The molecule has 2 saturated heterocycles. The number of piperidine rings is 1. The van der Waals surface area contributed by atoms with E-state index in [4.69, 9.17) is 19.6 Å². The lowest BCUT2D eigenvalue weighted by atomic mass is 9.74. The predicted molar refractivity (Wildman–Crippen MR) is 223 cm³/mol. The molecule has 3 aliphatic rings. The molecule has 2 aliphatic heterocycles. The van der Waals surface area contributed by atoms with Crippen LogP contribution in [-0.4, -0.2) is 125 Å². The Balaban J connectivity index is 0.774. The Morgan fingerprint density at radius 2 is 1.71 bits per heavy atom. The fraction of sp³-hybridized carbons (Fsp3) is 0.429. The zero-order chi connectivity index (χ0) is 44.3. The minimum Gasteiger partial charge on any atom is -0.444 e. The lowest BCUT2D eigenvalue weighted by Gasteiger charge is -2.38. The number of primary amides is 1. The number of ether oxygens (including phenoxy) is 2. The van der Waals surface area contributed by atoms with Crippen molar-refractivity contribution >= 4 is 52.9 Å². The Hall–Kier alpha value is -7.00. The molecule has 3 aromatic heterocycles. The van der Waals surface area contributed by atoms with E-state index in [9.17, 15) is 33.6 Å². The number of pyridine rings is 1. The van der Waals surface area contributed by atoms with Crippen LogP contribution in [0.1, 0.15) is 76.3 Å². The van der Waals surface area contributed by atoms with Gasteiger partial charge in [-0.2, -0.15) is 5.10 Å². The zero-order valence-corrected chi connectivity index (χ0v) is 34.5. The Bertz CT molecular complexity index is 2340. The van der Waals surface area contributed by atoms with E-state index in [1.807, 2.05) is 0 Å². The Morgan fingerprint density at radius 3 is 2.44 bits per heavy atom. The molecule has 7 N–H and O–H groups in total. The normalized spacial score (nSPS) is 17.5. The molecule has 0 bridgehead atoms. The molecule has 1 spiro atoms. The van der Waals surface area contributed by atoms with Gasteiger partial charge in [0, 0.05) is 56.3 Å². The quantitative estimate of drug-likeness (QED) is 0.0541. The van der Waals surface area contributed by atoms with E-state index < -0.39 is 23.1 Å². The van der Waals surface area contributed by atoms with E-state index in [2.05, 4.69) is 41.7 Å². The highest BCUT2D eigenvalue weighted by atomic mass is 16.5. The number of benzene rings is 1. The van der Waals surface area contributed by atoms with E-state index in [1.165, 1.54) is 34.9 Å². The van der Waals surface area contributed by atoms with Gasteiger partial charge in [-0.15, -0.1) is 0 Å².